The Hall–Kier alpha value is -0.560. The minimum Gasteiger partial charge on any atom is -0.341 e. The third-order valence-electron chi connectivity index (χ3n) is 6.09. The lowest BCUT2D eigenvalue weighted by molar-refractivity contribution is -0.138. The molecule has 0 radical (unpaired) electrons. The minimum absolute atomic E-state index is 0. The molecule has 1 saturated carbocycles. The fourth-order valence-electron chi connectivity index (χ4n) is 4.78. The zero-order valence-corrected chi connectivity index (χ0v) is 18.3. The van der Waals surface area contributed by atoms with Crippen LogP contribution >= 0.6 is 24.8 Å². The van der Waals surface area contributed by atoms with Crippen LogP contribution in [-0.2, 0) is 9.59 Å². The summed E-state index contributed by atoms with van der Waals surface area (Å²) in [5.41, 5.74) is 5.94. The Morgan fingerprint density at radius 2 is 1.48 bits per heavy atom. The Morgan fingerprint density at radius 1 is 0.889 bits per heavy atom. The quantitative estimate of drug-likeness (QED) is 0.749. The molecule has 2 saturated heterocycles. The lowest BCUT2D eigenvalue weighted by Gasteiger charge is -2.39. The maximum Gasteiger partial charge on any atom is 0.236 e. The monoisotopic (exact) mass is 422 g/mol. The summed E-state index contributed by atoms with van der Waals surface area (Å²) < 4.78 is 0. The predicted molar refractivity (Wildman–Crippen MR) is 112 cm³/mol. The van der Waals surface area contributed by atoms with Crippen LogP contribution in [0.1, 0.15) is 39.5 Å². The maximum absolute atomic E-state index is 12.6. The molecular formula is C19H36Cl2N4O2. The molecule has 0 aromatic carbocycles. The lowest BCUT2D eigenvalue weighted by Crippen LogP contribution is -2.53. The first-order valence-electron chi connectivity index (χ1n) is 9.97. The highest BCUT2D eigenvalue weighted by Crippen LogP contribution is 2.26. The number of hydrogen-bond acceptors (Lipinski definition) is 4. The highest BCUT2D eigenvalue weighted by atomic mass is 35.5. The summed E-state index contributed by atoms with van der Waals surface area (Å²) >= 11 is 0. The standard InChI is InChI=1S/C19H34N4O2.2ClH/c1-14-9-15(2)12-23(11-14)18(24)13-21-5-7-22(8-6-21)19(25)16-3-4-17(20)10-16;;/h14-17H,3-13,20H2,1-2H3;2*1H. The van der Waals surface area contributed by atoms with Crippen LogP contribution in [0.2, 0.25) is 0 Å². The molecule has 27 heavy (non-hydrogen) atoms. The van der Waals surface area contributed by atoms with Crippen LogP contribution in [0, 0.1) is 17.8 Å². The molecule has 8 heteroatoms. The van der Waals surface area contributed by atoms with Crippen molar-refractivity contribution in [3.8, 4) is 0 Å². The second kappa shape index (κ2) is 10.8. The van der Waals surface area contributed by atoms with E-state index in [0.717, 1.165) is 58.5 Å². The molecule has 0 bridgehead atoms. The number of hydrogen-bond donors (Lipinski definition) is 1. The molecule has 0 aromatic rings. The van der Waals surface area contributed by atoms with E-state index in [2.05, 4.69) is 18.7 Å². The second-order valence-electron chi connectivity index (χ2n) is 8.62. The summed E-state index contributed by atoms with van der Waals surface area (Å²) in [5, 5.41) is 0. The third-order valence-corrected chi connectivity index (χ3v) is 6.09. The lowest BCUT2D eigenvalue weighted by atomic mass is 9.92. The molecule has 6 nitrogen and oxygen atoms in total. The molecule has 3 aliphatic rings. The molecule has 2 amide bonds. The Balaban J connectivity index is 0.00000182. The maximum atomic E-state index is 12.6. The van der Waals surface area contributed by atoms with E-state index in [1.165, 1.54) is 6.42 Å². The average Bonchev–Trinajstić information content (AvgIpc) is 3.00. The van der Waals surface area contributed by atoms with Gasteiger partial charge in [-0.2, -0.15) is 0 Å². The smallest absolute Gasteiger partial charge is 0.236 e. The van der Waals surface area contributed by atoms with E-state index in [1.54, 1.807) is 0 Å². The van der Waals surface area contributed by atoms with Crippen LogP contribution in [0.3, 0.4) is 0 Å². The van der Waals surface area contributed by atoms with E-state index in [-0.39, 0.29) is 48.6 Å². The van der Waals surface area contributed by atoms with Crippen LogP contribution in [0.15, 0.2) is 0 Å². The van der Waals surface area contributed by atoms with Gasteiger partial charge < -0.3 is 15.5 Å². The Labute approximate surface area is 176 Å². The first-order valence-corrected chi connectivity index (χ1v) is 9.97. The van der Waals surface area contributed by atoms with E-state index >= 15 is 0 Å². The van der Waals surface area contributed by atoms with E-state index in [9.17, 15) is 9.59 Å². The van der Waals surface area contributed by atoms with Crippen molar-refractivity contribution in [2.45, 2.75) is 45.6 Å². The van der Waals surface area contributed by atoms with Crippen LogP contribution in [0.5, 0.6) is 0 Å². The van der Waals surface area contributed by atoms with Crippen molar-refractivity contribution in [3.63, 3.8) is 0 Å². The molecule has 1 aliphatic carbocycles. The number of amides is 2. The van der Waals surface area contributed by atoms with Crippen molar-refractivity contribution in [2.24, 2.45) is 23.5 Å². The number of piperidine rings is 1. The topological polar surface area (TPSA) is 69.9 Å². The fourth-order valence-corrected chi connectivity index (χ4v) is 4.78. The van der Waals surface area contributed by atoms with Gasteiger partial charge in [-0.25, -0.2) is 0 Å². The van der Waals surface area contributed by atoms with Crippen LogP contribution in [0.25, 0.3) is 0 Å². The van der Waals surface area contributed by atoms with Gasteiger partial charge in [0.25, 0.3) is 0 Å². The molecule has 0 spiro atoms. The number of nitrogens with two attached hydrogens (primary N) is 1. The molecule has 4 atom stereocenters. The van der Waals surface area contributed by atoms with Crippen LogP contribution < -0.4 is 5.73 Å². The molecule has 3 rings (SSSR count). The van der Waals surface area contributed by atoms with E-state index in [0.29, 0.717) is 18.4 Å². The van der Waals surface area contributed by atoms with Crippen LogP contribution in [0.4, 0.5) is 0 Å². The highest BCUT2D eigenvalue weighted by Gasteiger charge is 2.33. The van der Waals surface area contributed by atoms with Gasteiger partial charge in [0.05, 0.1) is 6.54 Å². The van der Waals surface area contributed by atoms with Crippen molar-refractivity contribution in [3.05, 3.63) is 0 Å². The summed E-state index contributed by atoms with van der Waals surface area (Å²) in [6, 6.07) is 0.196. The highest BCUT2D eigenvalue weighted by molar-refractivity contribution is 5.85. The van der Waals surface area contributed by atoms with Gasteiger partial charge in [0.15, 0.2) is 0 Å². The molecular weight excluding hydrogens is 387 g/mol. The Bertz CT molecular complexity index is 490. The first-order chi connectivity index (χ1) is 11.9. The van der Waals surface area contributed by atoms with E-state index in [4.69, 9.17) is 5.73 Å². The zero-order valence-electron chi connectivity index (χ0n) is 16.6. The number of rotatable bonds is 3. The summed E-state index contributed by atoms with van der Waals surface area (Å²) in [6.45, 7) is 9.83. The van der Waals surface area contributed by atoms with Crippen molar-refractivity contribution < 1.29 is 9.59 Å². The molecule has 158 valence electrons. The number of nitrogens with zero attached hydrogens (tertiary/aromatic N) is 3. The number of halogens is 2. The summed E-state index contributed by atoms with van der Waals surface area (Å²) in [4.78, 5) is 31.4. The second-order valence-corrected chi connectivity index (χ2v) is 8.62. The van der Waals surface area contributed by atoms with Gasteiger partial charge in [-0.15, -0.1) is 24.8 Å². The average molecular weight is 423 g/mol. The normalized spacial score (nSPS) is 31.8. The first kappa shape index (κ1) is 24.5. The minimum atomic E-state index is 0. The molecule has 4 unspecified atom stereocenters. The fraction of sp³-hybridized carbons (Fsp3) is 0.895. The van der Waals surface area contributed by atoms with E-state index < -0.39 is 0 Å². The number of likely N-dealkylation sites (tertiary alicyclic amines) is 1. The predicted octanol–water partition coefficient (Wildman–Crippen LogP) is 1.61. The summed E-state index contributed by atoms with van der Waals surface area (Å²) in [5.74, 6) is 1.84. The van der Waals surface area contributed by atoms with E-state index in [1.807, 2.05) is 9.80 Å². The van der Waals surface area contributed by atoms with Crippen molar-refractivity contribution in [2.75, 3.05) is 45.8 Å². The van der Waals surface area contributed by atoms with Crippen LogP contribution in [-0.4, -0.2) is 78.4 Å². The van der Waals surface area contributed by atoms with Gasteiger partial charge in [0, 0.05) is 51.2 Å². The van der Waals surface area contributed by atoms with Gasteiger partial charge in [-0.1, -0.05) is 13.8 Å². The molecule has 2 N–H and O–H groups in total. The molecule has 0 aromatic heterocycles. The van der Waals surface area contributed by atoms with Gasteiger partial charge >= 0.3 is 0 Å². The molecule has 2 heterocycles. The molecule has 3 fully saturated rings. The third kappa shape index (κ3) is 6.48. The molecule has 2 aliphatic heterocycles. The number of carbonyl (C=O) groups is 2. The summed E-state index contributed by atoms with van der Waals surface area (Å²) in [6.07, 6.45) is 3.96. The van der Waals surface area contributed by atoms with Gasteiger partial charge in [0.2, 0.25) is 11.8 Å². The Kier molecular flexibility index (Phi) is 9.83. The SMILES string of the molecule is CC1CC(C)CN(C(=O)CN2CCN(C(=O)C3CCC(N)C3)CC2)C1.Cl.Cl. The number of piperazine rings is 1. The Morgan fingerprint density at radius 3 is 2.00 bits per heavy atom. The van der Waals surface area contributed by atoms with Crippen molar-refractivity contribution in [1.82, 2.24) is 14.7 Å². The van der Waals surface area contributed by atoms with Gasteiger partial charge in [-0.05, 0) is 37.5 Å². The van der Waals surface area contributed by atoms with Crippen molar-refractivity contribution in [1.29, 1.82) is 0 Å². The zero-order chi connectivity index (χ0) is 18.0. The number of carbonyl (C=O) groups excluding carboxylic acids is 2. The van der Waals surface area contributed by atoms with Crippen molar-refractivity contribution >= 4 is 36.6 Å². The largest absolute Gasteiger partial charge is 0.341 e. The summed E-state index contributed by atoms with van der Waals surface area (Å²) in [7, 11) is 0. The van der Waals surface area contributed by atoms with Gasteiger partial charge in [0.1, 0.15) is 0 Å². The van der Waals surface area contributed by atoms with Gasteiger partial charge in [-0.3, -0.25) is 14.5 Å².